The van der Waals surface area contributed by atoms with Crippen LogP contribution in [0, 0.1) is 6.92 Å². The maximum Gasteiger partial charge on any atom is 0.184 e. The molecule has 0 spiro atoms. The van der Waals surface area contributed by atoms with Gasteiger partial charge in [0.1, 0.15) is 0 Å². The molecule has 3 N–H and O–H groups in total. The summed E-state index contributed by atoms with van der Waals surface area (Å²) in [4.78, 5) is 0. The Kier molecular flexibility index (Phi) is 4.32. The summed E-state index contributed by atoms with van der Waals surface area (Å²) < 4.78 is 0. The van der Waals surface area contributed by atoms with Crippen LogP contribution in [0.4, 0.5) is 0 Å². The molecule has 80 valence electrons. The van der Waals surface area contributed by atoms with Gasteiger partial charge in [0.15, 0.2) is 5.11 Å². The number of rotatable bonds is 2. The summed E-state index contributed by atoms with van der Waals surface area (Å²) >= 11 is 16.4. The molecule has 0 aliphatic carbocycles. The molecule has 0 aliphatic rings. The van der Waals surface area contributed by atoms with Crippen molar-refractivity contribution in [2.24, 2.45) is 10.8 Å². The minimum absolute atomic E-state index is 0.105. The number of nitrogens with two attached hydrogens (primary N) is 1. The Labute approximate surface area is 103 Å². The molecule has 1 aromatic rings. The van der Waals surface area contributed by atoms with Crippen molar-refractivity contribution in [2.75, 3.05) is 0 Å². The number of benzene rings is 1. The van der Waals surface area contributed by atoms with Crippen LogP contribution >= 0.6 is 35.4 Å². The molecule has 0 fully saturated rings. The van der Waals surface area contributed by atoms with Crippen molar-refractivity contribution < 1.29 is 0 Å². The van der Waals surface area contributed by atoms with Gasteiger partial charge >= 0.3 is 0 Å². The van der Waals surface area contributed by atoms with Gasteiger partial charge in [0.2, 0.25) is 0 Å². The average Bonchev–Trinajstić information content (AvgIpc) is 2.13. The zero-order chi connectivity index (χ0) is 11.4. The van der Waals surface area contributed by atoms with Gasteiger partial charge in [-0.2, -0.15) is 5.10 Å². The highest BCUT2D eigenvalue weighted by molar-refractivity contribution is 7.80. The lowest BCUT2D eigenvalue weighted by atomic mass is 10.1. The molecule has 0 aromatic heterocycles. The summed E-state index contributed by atoms with van der Waals surface area (Å²) in [6.07, 6.45) is 1.53. The van der Waals surface area contributed by atoms with Gasteiger partial charge in [-0.15, -0.1) is 0 Å². The van der Waals surface area contributed by atoms with Crippen LogP contribution in [0.25, 0.3) is 0 Å². The topological polar surface area (TPSA) is 50.4 Å². The second-order valence-electron chi connectivity index (χ2n) is 2.86. The summed E-state index contributed by atoms with van der Waals surface area (Å²) in [5.74, 6) is 0. The summed E-state index contributed by atoms with van der Waals surface area (Å²) in [5, 5.41) is 5.06. The standard InChI is InChI=1S/C9H9Cl2N3S/c1-5-2-6(4-13-14-9(12)15)8(11)3-7(5)10/h2-4H,1H3,(H3,12,14,15). The first-order chi connectivity index (χ1) is 7.00. The number of aryl methyl sites for hydroxylation is 1. The fraction of sp³-hybridized carbons (Fsp3) is 0.111. The molecule has 0 atom stereocenters. The fourth-order valence-corrected chi connectivity index (χ4v) is 1.43. The van der Waals surface area contributed by atoms with E-state index in [1.807, 2.05) is 13.0 Å². The predicted octanol–water partition coefficient (Wildman–Crippen LogP) is 2.47. The molecule has 0 unspecified atom stereocenters. The van der Waals surface area contributed by atoms with Gasteiger partial charge in [-0.05, 0) is 36.8 Å². The molecule has 15 heavy (non-hydrogen) atoms. The first-order valence-electron chi connectivity index (χ1n) is 4.05. The summed E-state index contributed by atoms with van der Waals surface area (Å²) in [6, 6.07) is 3.50. The Morgan fingerprint density at radius 1 is 1.47 bits per heavy atom. The zero-order valence-corrected chi connectivity index (χ0v) is 10.2. The predicted molar refractivity (Wildman–Crippen MR) is 68.7 cm³/mol. The quantitative estimate of drug-likeness (QED) is 0.489. The minimum atomic E-state index is 0.105. The van der Waals surface area contributed by atoms with Crippen molar-refractivity contribution in [2.45, 2.75) is 6.92 Å². The van der Waals surface area contributed by atoms with Crippen molar-refractivity contribution in [3.8, 4) is 0 Å². The Bertz CT molecular complexity index is 418. The molecule has 0 heterocycles. The number of nitrogens with zero attached hydrogens (tertiary/aromatic N) is 1. The van der Waals surface area contributed by atoms with E-state index in [0.29, 0.717) is 10.0 Å². The third-order valence-corrected chi connectivity index (χ3v) is 2.48. The SMILES string of the molecule is Cc1cc(C=NNC(N)=S)c(Cl)cc1Cl. The number of halogens is 2. The van der Waals surface area contributed by atoms with Crippen LogP contribution in [0.1, 0.15) is 11.1 Å². The van der Waals surface area contributed by atoms with E-state index in [1.54, 1.807) is 6.07 Å². The molecular weight excluding hydrogens is 253 g/mol. The van der Waals surface area contributed by atoms with Crippen molar-refractivity contribution >= 4 is 46.7 Å². The molecule has 0 radical (unpaired) electrons. The van der Waals surface area contributed by atoms with Gasteiger partial charge in [-0.3, -0.25) is 5.43 Å². The molecular formula is C9H9Cl2N3S. The normalized spacial score (nSPS) is 10.6. The van der Waals surface area contributed by atoms with Crippen LogP contribution in [0.15, 0.2) is 17.2 Å². The van der Waals surface area contributed by atoms with E-state index in [1.165, 1.54) is 6.21 Å². The maximum atomic E-state index is 5.95. The zero-order valence-electron chi connectivity index (χ0n) is 7.92. The second kappa shape index (κ2) is 5.30. The Morgan fingerprint density at radius 3 is 2.73 bits per heavy atom. The highest BCUT2D eigenvalue weighted by atomic mass is 35.5. The smallest absolute Gasteiger partial charge is 0.184 e. The van der Waals surface area contributed by atoms with E-state index >= 15 is 0 Å². The minimum Gasteiger partial charge on any atom is -0.375 e. The summed E-state index contributed by atoms with van der Waals surface area (Å²) in [6.45, 7) is 1.89. The molecule has 1 rings (SSSR count). The molecule has 6 heteroatoms. The van der Waals surface area contributed by atoms with Gasteiger partial charge < -0.3 is 5.73 Å². The number of hydrazone groups is 1. The molecule has 0 bridgehead atoms. The lowest BCUT2D eigenvalue weighted by Crippen LogP contribution is -2.24. The van der Waals surface area contributed by atoms with Crippen LogP contribution < -0.4 is 11.2 Å². The van der Waals surface area contributed by atoms with Crippen LogP contribution in [-0.4, -0.2) is 11.3 Å². The van der Waals surface area contributed by atoms with Gasteiger partial charge in [0, 0.05) is 10.6 Å². The van der Waals surface area contributed by atoms with Crippen LogP contribution in [0.2, 0.25) is 10.0 Å². The van der Waals surface area contributed by atoms with E-state index in [0.717, 1.165) is 11.1 Å². The number of thiocarbonyl (C=S) groups is 1. The molecule has 0 saturated carbocycles. The van der Waals surface area contributed by atoms with Crippen LogP contribution in [0.3, 0.4) is 0 Å². The van der Waals surface area contributed by atoms with E-state index in [-0.39, 0.29) is 5.11 Å². The lowest BCUT2D eigenvalue weighted by molar-refractivity contribution is 1.04. The van der Waals surface area contributed by atoms with E-state index in [9.17, 15) is 0 Å². The largest absolute Gasteiger partial charge is 0.375 e. The van der Waals surface area contributed by atoms with Crippen LogP contribution in [-0.2, 0) is 0 Å². The Morgan fingerprint density at radius 2 is 2.13 bits per heavy atom. The molecule has 3 nitrogen and oxygen atoms in total. The molecule has 1 aromatic carbocycles. The highest BCUT2D eigenvalue weighted by Crippen LogP contribution is 2.23. The third-order valence-electron chi connectivity index (χ3n) is 1.66. The second-order valence-corrected chi connectivity index (χ2v) is 4.11. The van der Waals surface area contributed by atoms with E-state index in [2.05, 4.69) is 22.7 Å². The van der Waals surface area contributed by atoms with Crippen molar-refractivity contribution in [3.05, 3.63) is 33.3 Å². The first kappa shape index (κ1) is 12.2. The number of nitrogens with one attached hydrogen (secondary N) is 1. The molecule has 0 amide bonds. The Hall–Kier alpha value is -0.840. The lowest BCUT2D eigenvalue weighted by Gasteiger charge is -2.02. The Balaban J connectivity index is 2.90. The third kappa shape index (κ3) is 3.66. The van der Waals surface area contributed by atoms with E-state index < -0.39 is 0 Å². The number of hydrogen-bond acceptors (Lipinski definition) is 2. The highest BCUT2D eigenvalue weighted by Gasteiger charge is 2.02. The fourth-order valence-electron chi connectivity index (χ4n) is 0.944. The van der Waals surface area contributed by atoms with Crippen LogP contribution in [0.5, 0.6) is 0 Å². The van der Waals surface area contributed by atoms with Crippen molar-refractivity contribution in [1.82, 2.24) is 5.43 Å². The van der Waals surface area contributed by atoms with Gasteiger partial charge in [-0.1, -0.05) is 23.2 Å². The summed E-state index contributed by atoms with van der Waals surface area (Å²) in [5.41, 5.74) is 9.32. The maximum absolute atomic E-state index is 5.95. The van der Waals surface area contributed by atoms with Gasteiger partial charge in [-0.25, -0.2) is 0 Å². The van der Waals surface area contributed by atoms with Gasteiger partial charge in [0.05, 0.1) is 11.2 Å². The van der Waals surface area contributed by atoms with Crippen molar-refractivity contribution in [1.29, 1.82) is 0 Å². The van der Waals surface area contributed by atoms with Gasteiger partial charge in [0.25, 0.3) is 0 Å². The number of hydrogen-bond donors (Lipinski definition) is 2. The molecule has 0 saturated heterocycles. The monoisotopic (exact) mass is 261 g/mol. The first-order valence-corrected chi connectivity index (χ1v) is 5.21. The van der Waals surface area contributed by atoms with Crippen molar-refractivity contribution in [3.63, 3.8) is 0 Å². The average molecular weight is 262 g/mol. The molecule has 0 aliphatic heterocycles. The summed E-state index contributed by atoms with van der Waals surface area (Å²) in [7, 11) is 0. The van der Waals surface area contributed by atoms with E-state index in [4.69, 9.17) is 28.9 Å².